The minimum absolute atomic E-state index is 0.386. The number of aliphatic hydroxyl groups is 1. The Morgan fingerprint density at radius 1 is 1.30 bits per heavy atom. The molecule has 0 aromatic heterocycles. The van der Waals surface area contributed by atoms with Crippen LogP contribution in [0.1, 0.15) is 25.7 Å². The summed E-state index contributed by atoms with van der Waals surface area (Å²) < 4.78 is 0. The van der Waals surface area contributed by atoms with Gasteiger partial charge in [0.2, 0.25) is 0 Å². The van der Waals surface area contributed by atoms with Gasteiger partial charge in [-0.05, 0) is 37.0 Å². The Bertz CT molecular complexity index is 132. The van der Waals surface area contributed by atoms with E-state index < -0.39 is 0 Å². The van der Waals surface area contributed by atoms with Crippen LogP contribution in [0.4, 0.5) is 0 Å². The van der Waals surface area contributed by atoms with Crippen LogP contribution in [0, 0.1) is 11.3 Å². The van der Waals surface area contributed by atoms with Gasteiger partial charge in [0.15, 0.2) is 0 Å². The molecule has 3 N–H and O–H groups in total. The summed E-state index contributed by atoms with van der Waals surface area (Å²) in [6, 6.07) is 0.472. The summed E-state index contributed by atoms with van der Waals surface area (Å²) in [6.45, 7) is 0.386. The van der Waals surface area contributed by atoms with Crippen molar-refractivity contribution in [3.05, 3.63) is 0 Å². The van der Waals surface area contributed by atoms with Gasteiger partial charge in [0.1, 0.15) is 0 Å². The maximum absolute atomic E-state index is 8.77. The molecule has 2 aliphatic carbocycles. The van der Waals surface area contributed by atoms with Crippen LogP contribution >= 0.6 is 0 Å². The Balaban J connectivity index is 1.80. The second-order valence-corrected chi connectivity index (χ2v) is 4.13. The molecule has 0 saturated heterocycles. The maximum atomic E-state index is 8.77. The van der Waals surface area contributed by atoms with Crippen molar-refractivity contribution in [3.8, 4) is 0 Å². The van der Waals surface area contributed by atoms with Crippen molar-refractivity contribution < 1.29 is 5.11 Å². The first-order valence-corrected chi connectivity index (χ1v) is 4.11. The maximum Gasteiger partial charge on any atom is 0.0459 e. The lowest BCUT2D eigenvalue weighted by Gasteiger charge is -2.56. The summed E-state index contributed by atoms with van der Waals surface area (Å²) in [5, 5.41) is 8.77. The first-order chi connectivity index (χ1) is 4.74. The summed E-state index contributed by atoms with van der Waals surface area (Å²) >= 11 is 0. The van der Waals surface area contributed by atoms with Crippen molar-refractivity contribution in [2.75, 3.05) is 6.61 Å². The molecule has 0 bridgehead atoms. The Kier molecular flexibility index (Phi) is 1.29. The first-order valence-electron chi connectivity index (χ1n) is 4.11. The van der Waals surface area contributed by atoms with E-state index in [0.29, 0.717) is 24.0 Å². The van der Waals surface area contributed by atoms with Gasteiger partial charge in [-0.25, -0.2) is 0 Å². The van der Waals surface area contributed by atoms with E-state index in [-0.39, 0.29) is 0 Å². The lowest BCUT2D eigenvalue weighted by molar-refractivity contribution is -0.0579. The fraction of sp³-hybridized carbons (Fsp3) is 1.00. The molecule has 2 heteroatoms. The highest BCUT2D eigenvalue weighted by Gasteiger charge is 2.51. The van der Waals surface area contributed by atoms with Crippen molar-refractivity contribution in [3.63, 3.8) is 0 Å². The molecule has 0 aromatic carbocycles. The molecule has 10 heavy (non-hydrogen) atoms. The summed E-state index contributed by atoms with van der Waals surface area (Å²) in [6.07, 6.45) is 4.89. The van der Waals surface area contributed by atoms with E-state index in [9.17, 15) is 0 Å². The van der Waals surface area contributed by atoms with E-state index in [1.807, 2.05) is 0 Å². The molecule has 0 aliphatic heterocycles. The fourth-order valence-electron chi connectivity index (χ4n) is 2.68. The van der Waals surface area contributed by atoms with Crippen molar-refractivity contribution in [2.45, 2.75) is 31.7 Å². The summed E-state index contributed by atoms with van der Waals surface area (Å²) in [4.78, 5) is 0. The minimum Gasteiger partial charge on any atom is -0.396 e. The van der Waals surface area contributed by atoms with E-state index in [0.717, 1.165) is 0 Å². The molecule has 2 aliphatic rings. The van der Waals surface area contributed by atoms with Gasteiger partial charge < -0.3 is 10.8 Å². The SMILES string of the molecule is NC1CC2(C1)CC(CO)C2. The van der Waals surface area contributed by atoms with Gasteiger partial charge in [-0.15, -0.1) is 0 Å². The molecule has 0 heterocycles. The van der Waals surface area contributed by atoms with Gasteiger partial charge in [-0.2, -0.15) is 0 Å². The predicted octanol–water partition coefficient (Wildman–Crippen LogP) is 0.496. The number of aliphatic hydroxyl groups excluding tert-OH is 1. The summed E-state index contributed by atoms with van der Waals surface area (Å²) in [5.41, 5.74) is 6.29. The Labute approximate surface area is 61.4 Å². The van der Waals surface area contributed by atoms with Crippen LogP contribution in [0.2, 0.25) is 0 Å². The summed E-state index contributed by atoms with van der Waals surface area (Å²) in [7, 11) is 0. The fourth-order valence-corrected chi connectivity index (χ4v) is 2.68. The van der Waals surface area contributed by atoms with Crippen LogP contribution in [0.15, 0.2) is 0 Å². The molecule has 0 radical (unpaired) electrons. The van der Waals surface area contributed by atoms with E-state index in [1.54, 1.807) is 0 Å². The highest BCUT2D eigenvalue weighted by Crippen LogP contribution is 2.57. The zero-order valence-electron chi connectivity index (χ0n) is 6.21. The van der Waals surface area contributed by atoms with Crippen molar-refractivity contribution in [2.24, 2.45) is 17.1 Å². The van der Waals surface area contributed by atoms with Crippen LogP contribution in [0.5, 0.6) is 0 Å². The van der Waals surface area contributed by atoms with Crippen molar-refractivity contribution in [1.82, 2.24) is 0 Å². The minimum atomic E-state index is 0.386. The molecule has 2 rings (SSSR count). The van der Waals surface area contributed by atoms with Gasteiger partial charge in [0, 0.05) is 12.6 Å². The van der Waals surface area contributed by atoms with Crippen LogP contribution in [0.25, 0.3) is 0 Å². The average molecular weight is 141 g/mol. The Hall–Kier alpha value is -0.0800. The third-order valence-electron chi connectivity index (χ3n) is 3.09. The molecule has 0 unspecified atom stereocenters. The Morgan fingerprint density at radius 2 is 1.90 bits per heavy atom. The molecule has 0 aromatic rings. The standard InChI is InChI=1S/C8H15NO/c9-7-3-8(4-7)1-6(2-8)5-10/h6-7,10H,1-5,9H2. The average Bonchev–Trinajstić information content (AvgIpc) is 1.74. The quantitative estimate of drug-likeness (QED) is 0.558. The van der Waals surface area contributed by atoms with E-state index in [1.165, 1.54) is 25.7 Å². The number of nitrogens with two attached hydrogens (primary N) is 1. The third kappa shape index (κ3) is 0.789. The van der Waals surface area contributed by atoms with Crippen LogP contribution in [0.3, 0.4) is 0 Å². The van der Waals surface area contributed by atoms with Gasteiger partial charge in [-0.1, -0.05) is 0 Å². The number of hydrogen-bond acceptors (Lipinski definition) is 2. The number of hydrogen-bond donors (Lipinski definition) is 2. The van der Waals surface area contributed by atoms with Gasteiger partial charge in [0.05, 0.1) is 0 Å². The lowest BCUT2D eigenvalue weighted by atomic mass is 9.50. The monoisotopic (exact) mass is 141 g/mol. The van der Waals surface area contributed by atoms with Gasteiger partial charge >= 0.3 is 0 Å². The zero-order chi connectivity index (χ0) is 7.19. The molecule has 58 valence electrons. The van der Waals surface area contributed by atoms with Crippen LogP contribution < -0.4 is 5.73 Å². The molecule has 0 atom stereocenters. The van der Waals surface area contributed by atoms with Crippen molar-refractivity contribution >= 4 is 0 Å². The lowest BCUT2D eigenvalue weighted by Crippen LogP contribution is -2.53. The van der Waals surface area contributed by atoms with E-state index in [4.69, 9.17) is 10.8 Å². The Morgan fingerprint density at radius 3 is 2.30 bits per heavy atom. The molecule has 1 spiro atoms. The van der Waals surface area contributed by atoms with Crippen LogP contribution in [-0.2, 0) is 0 Å². The summed E-state index contributed by atoms with van der Waals surface area (Å²) in [5.74, 6) is 0.604. The smallest absolute Gasteiger partial charge is 0.0459 e. The second-order valence-electron chi connectivity index (χ2n) is 4.13. The third-order valence-corrected chi connectivity index (χ3v) is 3.09. The molecule has 2 fully saturated rings. The molecule has 2 saturated carbocycles. The predicted molar refractivity (Wildman–Crippen MR) is 39.5 cm³/mol. The van der Waals surface area contributed by atoms with Crippen LogP contribution in [-0.4, -0.2) is 17.8 Å². The van der Waals surface area contributed by atoms with E-state index in [2.05, 4.69) is 0 Å². The molecular weight excluding hydrogens is 126 g/mol. The topological polar surface area (TPSA) is 46.2 Å². The highest BCUT2D eigenvalue weighted by atomic mass is 16.3. The second kappa shape index (κ2) is 1.95. The normalized spacial score (nSPS) is 52.2. The highest BCUT2D eigenvalue weighted by molar-refractivity contribution is 5.04. The van der Waals surface area contributed by atoms with E-state index >= 15 is 0 Å². The number of rotatable bonds is 1. The van der Waals surface area contributed by atoms with Gasteiger partial charge in [0.25, 0.3) is 0 Å². The molecular formula is C8H15NO. The largest absolute Gasteiger partial charge is 0.396 e. The molecule has 0 amide bonds. The van der Waals surface area contributed by atoms with Crippen molar-refractivity contribution in [1.29, 1.82) is 0 Å². The van der Waals surface area contributed by atoms with Gasteiger partial charge in [-0.3, -0.25) is 0 Å². The zero-order valence-corrected chi connectivity index (χ0v) is 6.21. The first kappa shape index (κ1) is 6.62. The molecule has 2 nitrogen and oxygen atoms in total.